The van der Waals surface area contributed by atoms with Crippen LogP contribution in [0.15, 0.2) is 34.7 Å². The van der Waals surface area contributed by atoms with E-state index in [9.17, 15) is 4.79 Å². The Bertz CT molecular complexity index is 1020. The lowest BCUT2D eigenvalue weighted by atomic mass is 9.98. The van der Waals surface area contributed by atoms with Crippen LogP contribution < -0.4 is 9.47 Å². The largest absolute Gasteiger partial charge is 0.490 e. The summed E-state index contributed by atoms with van der Waals surface area (Å²) in [6, 6.07) is 9.51. The fraction of sp³-hybridized carbons (Fsp3) is 0.364. The topological polar surface area (TPSA) is 80.6 Å². The van der Waals surface area contributed by atoms with Gasteiger partial charge in [0.15, 0.2) is 23.0 Å². The molecule has 7 heteroatoms. The zero-order valence-electron chi connectivity index (χ0n) is 16.9. The van der Waals surface area contributed by atoms with Gasteiger partial charge >= 0.3 is 0 Å². The van der Waals surface area contributed by atoms with E-state index in [1.807, 2.05) is 49.9 Å². The predicted octanol–water partition coefficient (Wildman–Crippen LogP) is 3.97. The summed E-state index contributed by atoms with van der Waals surface area (Å²) in [5.74, 6) is 2.86. The Labute approximate surface area is 169 Å². The van der Waals surface area contributed by atoms with Gasteiger partial charge in [-0.3, -0.25) is 9.89 Å². The maximum absolute atomic E-state index is 13.0. The van der Waals surface area contributed by atoms with Crippen molar-refractivity contribution in [2.75, 3.05) is 19.8 Å². The highest BCUT2D eigenvalue weighted by Crippen LogP contribution is 2.34. The zero-order chi connectivity index (χ0) is 20.4. The minimum Gasteiger partial charge on any atom is -0.490 e. The first-order chi connectivity index (χ1) is 14.1. The molecule has 1 aliphatic heterocycles. The molecule has 1 aromatic carbocycles. The van der Waals surface area contributed by atoms with Crippen molar-refractivity contribution in [2.24, 2.45) is 0 Å². The summed E-state index contributed by atoms with van der Waals surface area (Å²) in [5, 5.41) is 7.09. The van der Waals surface area contributed by atoms with Crippen LogP contribution in [0.5, 0.6) is 11.5 Å². The molecule has 0 atom stereocenters. The first kappa shape index (κ1) is 19.1. The molecule has 29 heavy (non-hydrogen) atoms. The average Bonchev–Trinajstić information content (AvgIpc) is 3.37. The molecule has 0 radical (unpaired) electrons. The van der Waals surface area contributed by atoms with E-state index in [1.54, 1.807) is 6.07 Å². The quantitative estimate of drug-likeness (QED) is 0.683. The van der Waals surface area contributed by atoms with Crippen LogP contribution in [0.1, 0.15) is 41.2 Å². The monoisotopic (exact) mass is 395 g/mol. The Kier molecular flexibility index (Phi) is 5.29. The minimum absolute atomic E-state index is 0.103. The molecule has 3 aromatic rings. The molecular weight excluding hydrogens is 370 g/mol. The Morgan fingerprint density at radius 2 is 1.86 bits per heavy atom. The van der Waals surface area contributed by atoms with Crippen LogP contribution in [0, 0.1) is 6.92 Å². The van der Waals surface area contributed by atoms with Crippen LogP contribution >= 0.6 is 0 Å². The number of hydrogen-bond donors (Lipinski definition) is 1. The van der Waals surface area contributed by atoms with Gasteiger partial charge in [0.1, 0.15) is 11.5 Å². The molecule has 152 valence electrons. The third-order valence-corrected chi connectivity index (χ3v) is 4.97. The molecule has 0 saturated heterocycles. The number of ether oxygens (including phenoxy) is 2. The second kappa shape index (κ2) is 8.03. The van der Waals surface area contributed by atoms with E-state index in [0.29, 0.717) is 43.5 Å². The maximum Gasteiger partial charge on any atom is 0.274 e. The maximum atomic E-state index is 13.0. The Balaban J connectivity index is 1.54. The highest BCUT2D eigenvalue weighted by molar-refractivity contribution is 5.93. The molecule has 2 aromatic heterocycles. The number of furan rings is 1. The van der Waals surface area contributed by atoms with Crippen molar-refractivity contribution in [1.82, 2.24) is 15.1 Å². The number of aryl methyl sites for hydroxylation is 1. The standard InChI is InChI=1S/C22H25N3O4/c1-4-27-20-10-15-8-9-25(13-16(15)11-21(20)28-5-2)22(26)18-12-17(23-24-18)19-7-6-14(3)29-19/h6-7,10-12H,4-5,8-9,13H2,1-3H3,(H,23,24). The van der Waals surface area contributed by atoms with Gasteiger partial charge in [-0.25, -0.2) is 0 Å². The lowest BCUT2D eigenvalue weighted by molar-refractivity contribution is 0.0728. The molecular formula is C22H25N3O4. The lowest BCUT2D eigenvalue weighted by Gasteiger charge is -2.29. The summed E-state index contributed by atoms with van der Waals surface area (Å²) in [6.07, 6.45) is 0.766. The first-order valence-corrected chi connectivity index (χ1v) is 9.92. The van der Waals surface area contributed by atoms with Gasteiger partial charge in [-0.05, 0) is 62.6 Å². The second-order valence-corrected chi connectivity index (χ2v) is 6.99. The van der Waals surface area contributed by atoms with Crippen molar-refractivity contribution >= 4 is 5.91 Å². The number of carbonyl (C=O) groups excluding carboxylic acids is 1. The Hall–Kier alpha value is -3.22. The number of amides is 1. The molecule has 0 aliphatic carbocycles. The van der Waals surface area contributed by atoms with Gasteiger partial charge in [0.25, 0.3) is 5.91 Å². The number of aromatic amines is 1. The Morgan fingerprint density at radius 1 is 1.14 bits per heavy atom. The van der Waals surface area contributed by atoms with E-state index >= 15 is 0 Å². The number of hydrogen-bond acceptors (Lipinski definition) is 5. The Morgan fingerprint density at radius 3 is 2.52 bits per heavy atom. The average molecular weight is 395 g/mol. The highest BCUT2D eigenvalue weighted by atomic mass is 16.5. The van der Waals surface area contributed by atoms with Crippen molar-refractivity contribution in [2.45, 2.75) is 33.7 Å². The third-order valence-electron chi connectivity index (χ3n) is 4.97. The molecule has 7 nitrogen and oxygen atoms in total. The molecule has 1 N–H and O–H groups in total. The molecule has 0 fully saturated rings. The van der Waals surface area contributed by atoms with Gasteiger partial charge in [0.05, 0.1) is 13.2 Å². The van der Waals surface area contributed by atoms with Crippen LogP contribution in [0.4, 0.5) is 0 Å². The lowest BCUT2D eigenvalue weighted by Crippen LogP contribution is -2.36. The predicted molar refractivity (Wildman–Crippen MR) is 108 cm³/mol. The number of fused-ring (bicyclic) bond motifs is 1. The number of H-pyrrole nitrogens is 1. The van der Waals surface area contributed by atoms with Crippen LogP contribution in [0.25, 0.3) is 11.5 Å². The normalized spacial score (nSPS) is 13.3. The van der Waals surface area contributed by atoms with Gasteiger partial charge in [-0.15, -0.1) is 0 Å². The van der Waals surface area contributed by atoms with Crippen molar-refractivity contribution in [3.05, 3.63) is 52.9 Å². The molecule has 4 rings (SSSR count). The van der Waals surface area contributed by atoms with Crippen LogP contribution in [0.3, 0.4) is 0 Å². The molecule has 0 bridgehead atoms. The number of nitrogens with zero attached hydrogens (tertiary/aromatic N) is 2. The van der Waals surface area contributed by atoms with Crippen molar-refractivity contribution in [3.8, 4) is 23.0 Å². The zero-order valence-corrected chi connectivity index (χ0v) is 16.9. The number of nitrogens with one attached hydrogen (secondary N) is 1. The van der Waals surface area contributed by atoms with Gasteiger partial charge in [0, 0.05) is 19.2 Å². The summed E-state index contributed by atoms with van der Waals surface area (Å²) in [7, 11) is 0. The molecule has 0 spiro atoms. The number of rotatable bonds is 6. The summed E-state index contributed by atoms with van der Waals surface area (Å²) in [6.45, 7) is 8.07. The molecule has 1 amide bonds. The fourth-order valence-electron chi connectivity index (χ4n) is 3.57. The summed E-state index contributed by atoms with van der Waals surface area (Å²) in [4.78, 5) is 14.8. The van der Waals surface area contributed by atoms with E-state index < -0.39 is 0 Å². The van der Waals surface area contributed by atoms with Crippen molar-refractivity contribution < 1.29 is 18.7 Å². The number of aromatic nitrogens is 2. The minimum atomic E-state index is -0.103. The van der Waals surface area contributed by atoms with Crippen molar-refractivity contribution in [3.63, 3.8) is 0 Å². The summed E-state index contributed by atoms with van der Waals surface area (Å²) >= 11 is 0. The molecule has 0 saturated carbocycles. The first-order valence-electron chi connectivity index (χ1n) is 9.92. The number of carbonyl (C=O) groups is 1. The van der Waals surface area contributed by atoms with Crippen LogP contribution in [-0.4, -0.2) is 40.8 Å². The van der Waals surface area contributed by atoms with Gasteiger partial charge in [-0.1, -0.05) is 0 Å². The van der Waals surface area contributed by atoms with Crippen LogP contribution in [0.2, 0.25) is 0 Å². The van der Waals surface area contributed by atoms with Gasteiger partial charge < -0.3 is 18.8 Å². The van der Waals surface area contributed by atoms with E-state index in [2.05, 4.69) is 10.2 Å². The molecule has 3 heterocycles. The molecule has 0 unspecified atom stereocenters. The van der Waals surface area contributed by atoms with Gasteiger partial charge in [0.2, 0.25) is 0 Å². The second-order valence-electron chi connectivity index (χ2n) is 6.99. The SMILES string of the molecule is CCOc1cc2c(cc1OCC)CN(C(=O)c1cc(-c3ccc(C)o3)[nH]n1)CC2. The van der Waals surface area contributed by atoms with Crippen molar-refractivity contribution in [1.29, 1.82) is 0 Å². The summed E-state index contributed by atoms with van der Waals surface area (Å²) < 4.78 is 17.1. The fourth-order valence-corrected chi connectivity index (χ4v) is 3.57. The smallest absolute Gasteiger partial charge is 0.274 e. The van der Waals surface area contributed by atoms with E-state index in [1.165, 1.54) is 5.56 Å². The highest BCUT2D eigenvalue weighted by Gasteiger charge is 2.25. The van der Waals surface area contributed by atoms with E-state index in [0.717, 1.165) is 29.2 Å². The van der Waals surface area contributed by atoms with Crippen LogP contribution in [-0.2, 0) is 13.0 Å². The van der Waals surface area contributed by atoms with E-state index in [4.69, 9.17) is 13.9 Å². The summed E-state index contributed by atoms with van der Waals surface area (Å²) in [5.41, 5.74) is 3.34. The number of benzene rings is 1. The van der Waals surface area contributed by atoms with Gasteiger partial charge in [-0.2, -0.15) is 5.10 Å². The third kappa shape index (κ3) is 3.85. The molecule has 1 aliphatic rings. The van der Waals surface area contributed by atoms with E-state index in [-0.39, 0.29) is 5.91 Å².